The molecule has 1 unspecified atom stereocenters. The highest BCUT2D eigenvalue weighted by Crippen LogP contribution is 2.33. The predicted molar refractivity (Wildman–Crippen MR) is 113 cm³/mol. The van der Waals surface area contributed by atoms with E-state index in [0.717, 1.165) is 25.2 Å². The van der Waals surface area contributed by atoms with Crippen LogP contribution in [0.5, 0.6) is 0 Å². The Balaban J connectivity index is 1.40. The molecule has 0 spiro atoms. The monoisotopic (exact) mass is 411 g/mol. The highest BCUT2D eigenvalue weighted by molar-refractivity contribution is 6.02. The zero-order valence-corrected chi connectivity index (χ0v) is 17.3. The minimum Gasteiger partial charge on any atom is -0.371 e. The SMILES string of the molecule is CC1(C)CC(=O)c2cc(C(=O)NCC3CCN(c4ccc(F)cc4)C3)c(=O)[nH]c2C1. The van der Waals surface area contributed by atoms with Crippen molar-refractivity contribution in [1.82, 2.24) is 10.3 Å². The number of aromatic nitrogens is 1. The summed E-state index contributed by atoms with van der Waals surface area (Å²) in [6.45, 7) is 6.00. The first-order chi connectivity index (χ1) is 14.2. The number of pyridine rings is 1. The molecule has 1 atom stereocenters. The van der Waals surface area contributed by atoms with Gasteiger partial charge < -0.3 is 15.2 Å². The number of aromatic amines is 1. The molecular formula is C23H26FN3O3. The summed E-state index contributed by atoms with van der Waals surface area (Å²) in [6, 6.07) is 7.83. The number of carbonyl (C=O) groups is 2. The Morgan fingerprint density at radius 1 is 1.23 bits per heavy atom. The van der Waals surface area contributed by atoms with Crippen molar-refractivity contribution >= 4 is 17.4 Å². The third-order valence-corrected chi connectivity index (χ3v) is 5.99. The lowest BCUT2D eigenvalue weighted by atomic mass is 9.75. The molecule has 2 N–H and O–H groups in total. The topological polar surface area (TPSA) is 82.3 Å². The molecule has 1 aromatic carbocycles. The molecular weight excluding hydrogens is 385 g/mol. The van der Waals surface area contributed by atoms with Crippen LogP contribution in [0.25, 0.3) is 0 Å². The van der Waals surface area contributed by atoms with Crippen molar-refractivity contribution < 1.29 is 14.0 Å². The molecule has 1 aromatic heterocycles. The Bertz CT molecular complexity index is 1040. The lowest BCUT2D eigenvalue weighted by Gasteiger charge is -2.29. The van der Waals surface area contributed by atoms with Crippen LogP contribution in [0.3, 0.4) is 0 Å². The van der Waals surface area contributed by atoms with Crippen molar-refractivity contribution in [3.63, 3.8) is 0 Å². The van der Waals surface area contributed by atoms with Crippen molar-refractivity contribution in [2.45, 2.75) is 33.1 Å². The summed E-state index contributed by atoms with van der Waals surface area (Å²) in [7, 11) is 0. The van der Waals surface area contributed by atoms with E-state index in [1.54, 1.807) is 12.1 Å². The third kappa shape index (κ3) is 4.15. The summed E-state index contributed by atoms with van der Waals surface area (Å²) in [5.74, 6) is -0.536. The summed E-state index contributed by atoms with van der Waals surface area (Å²) in [4.78, 5) is 42.4. The number of Topliss-reactive ketones (excluding diaryl/α,β-unsaturated/α-hetero) is 1. The van der Waals surface area contributed by atoms with Crippen LogP contribution < -0.4 is 15.8 Å². The molecule has 2 heterocycles. The second-order valence-corrected chi connectivity index (χ2v) is 9.13. The summed E-state index contributed by atoms with van der Waals surface area (Å²) < 4.78 is 13.1. The molecule has 0 bridgehead atoms. The van der Waals surface area contributed by atoms with Gasteiger partial charge in [-0.3, -0.25) is 14.4 Å². The van der Waals surface area contributed by atoms with Gasteiger partial charge in [0.25, 0.3) is 11.5 Å². The summed E-state index contributed by atoms with van der Waals surface area (Å²) >= 11 is 0. The minimum absolute atomic E-state index is 0.0183. The highest BCUT2D eigenvalue weighted by Gasteiger charge is 2.33. The van der Waals surface area contributed by atoms with Gasteiger partial charge >= 0.3 is 0 Å². The molecule has 4 rings (SSSR count). The Hall–Kier alpha value is -2.96. The number of fused-ring (bicyclic) bond motifs is 1. The highest BCUT2D eigenvalue weighted by atomic mass is 19.1. The van der Waals surface area contributed by atoms with Crippen molar-refractivity contribution in [2.75, 3.05) is 24.5 Å². The van der Waals surface area contributed by atoms with Crippen molar-refractivity contribution in [3.8, 4) is 0 Å². The van der Waals surface area contributed by atoms with Crippen LogP contribution in [-0.4, -0.2) is 36.3 Å². The van der Waals surface area contributed by atoms with Gasteiger partial charge in [0.05, 0.1) is 0 Å². The molecule has 0 radical (unpaired) electrons. The summed E-state index contributed by atoms with van der Waals surface area (Å²) in [5, 5.41) is 2.84. The molecule has 2 aliphatic rings. The van der Waals surface area contributed by atoms with E-state index in [-0.39, 0.29) is 28.5 Å². The molecule has 1 amide bonds. The fourth-order valence-electron chi connectivity index (χ4n) is 4.41. The Morgan fingerprint density at radius 2 is 1.97 bits per heavy atom. The molecule has 6 nitrogen and oxygen atoms in total. The van der Waals surface area contributed by atoms with Gasteiger partial charge in [-0.1, -0.05) is 13.8 Å². The van der Waals surface area contributed by atoms with Gasteiger partial charge in [-0.2, -0.15) is 0 Å². The molecule has 1 aliphatic heterocycles. The number of benzene rings is 1. The molecule has 1 aliphatic carbocycles. The van der Waals surface area contributed by atoms with Crippen molar-refractivity contribution in [1.29, 1.82) is 0 Å². The van der Waals surface area contributed by atoms with Crippen LogP contribution in [0.4, 0.5) is 10.1 Å². The van der Waals surface area contributed by atoms with Gasteiger partial charge in [0.2, 0.25) is 0 Å². The maximum Gasteiger partial charge on any atom is 0.261 e. The average Bonchev–Trinajstić information content (AvgIpc) is 3.14. The van der Waals surface area contributed by atoms with Crippen LogP contribution >= 0.6 is 0 Å². The van der Waals surface area contributed by atoms with E-state index in [0.29, 0.717) is 30.6 Å². The van der Waals surface area contributed by atoms with Crippen LogP contribution in [0.2, 0.25) is 0 Å². The molecule has 0 saturated carbocycles. The van der Waals surface area contributed by atoms with Crippen LogP contribution in [0.1, 0.15) is 53.1 Å². The fraction of sp³-hybridized carbons (Fsp3) is 0.435. The number of anilines is 1. The third-order valence-electron chi connectivity index (χ3n) is 5.99. The van der Waals surface area contributed by atoms with Crippen molar-refractivity contribution in [2.24, 2.45) is 11.3 Å². The zero-order chi connectivity index (χ0) is 21.5. The average molecular weight is 411 g/mol. The van der Waals surface area contributed by atoms with E-state index < -0.39 is 11.5 Å². The number of H-pyrrole nitrogens is 1. The second kappa shape index (κ2) is 7.70. The van der Waals surface area contributed by atoms with E-state index in [1.165, 1.54) is 18.2 Å². The predicted octanol–water partition coefficient (Wildman–Crippen LogP) is 2.93. The van der Waals surface area contributed by atoms with E-state index in [4.69, 9.17) is 0 Å². The van der Waals surface area contributed by atoms with Crippen LogP contribution in [-0.2, 0) is 6.42 Å². The van der Waals surface area contributed by atoms with Gasteiger partial charge in [0.15, 0.2) is 5.78 Å². The van der Waals surface area contributed by atoms with Gasteiger partial charge in [-0.25, -0.2) is 4.39 Å². The molecule has 158 valence electrons. The van der Waals surface area contributed by atoms with E-state index in [2.05, 4.69) is 15.2 Å². The molecule has 7 heteroatoms. The van der Waals surface area contributed by atoms with Gasteiger partial charge in [0.1, 0.15) is 11.4 Å². The van der Waals surface area contributed by atoms with Gasteiger partial charge in [0, 0.05) is 43.0 Å². The van der Waals surface area contributed by atoms with E-state index in [9.17, 15) is 18.8 Å². The number of nitrogens with zero attached hydrogens (tertiary/aromatic N) is 1. The first kappa shape index (κ1) is 20.3. The second-order valence-electron chi connectivity index (χ2n) is 9.13. The first-order valence-corrected chi connectivity index (χ1v) is 10.3. The summed E-state index contributed by atoms with van der Waals surface area (Å²) in [5.41, 5.74) is 1.34. The number of ketones is 1. The largest absolute Gasteiger partial charge is 0.371 e. The Kier molecular flexibility index (Phi) is 5.22. The van der Waals surface area contributed by atoms with Gasteiger partial charge in [-0.15, -0.1) is 0 Å². The maximum absolute atomic E-state index is 13.1. The minimum atomic E-state index is -0.462. The molecule has 1 fully saturated rings. The number of hydrogen-bond donors (Lipinski definition) is 2. The van der Waals surface area contributed by atoms with Crippen LogP contribution in [0, 0.1) is 17.2 Å². The number of hydrogen-bond acceptors (Lipinski definition) is 4. The quantitative estimate of drug-likeness (QED) is 0.811. The standard InChI is InChI=1S/C23H26FN3O3/c1-23(2)10-19-17(20(28)11-23)9-18(22(30)26-19)21(29)25-12-14-7-8-27(13-14)16-5-3-15(24)4-6-16/h3-6,9,14H,7-8,10-13H2,1-2H3,(H,25,29)(H,26,30). The normalized spacial score (nSPS) is 20.2. The van der Waals surface area contributed by atoms with E-state index in [1.807, 2.05) is 13.8 Å². The number of nitrogens with one attached hydrogen (secondary N) is 2. The number of carbonyl (C=O) groups excluding carboxylic acids is 2. The molecule has 1 saturated heterocycles. The summed E-state index contributed by atoms with van der Waals surface area (Å²) in [6.07, 6.45) is 1.90. The fourth-order valence-corrected chi connectivity index (χ4v) is 4.41. The number of rotatable bonds is 4. The lowest BCUT2D eigenvalue weighted by Crippen LogP contribution is -2.36. The van der Waals surface area contributed by atoms with Crippen molar-refractivity contribution in [3.05, 3.63) is 63.3 Å². The Morgan fingerprint density at radius 3 is 2.70 bits per heavy atom. The number of halogens is 1. The zero-order valence-electron chi connectivity index (χ0n) is 17.3. The Labute approximate surface area is 174 Å². The molecule has 2 aromatic rings. The van der Waals surface area contributed by atoms with E-state index >= 15 is 0 Å². The van der Waals surface area contributed by atoms with Crippen LogP contribution in [0.15, 0.2) is 35.1 Å². The number of amides is 1. The first-order valence-electron chi connectivity index (χ1n) is 10.3. The lowest BCUT2D eigenvalue weighted by molar-refractivity contribution is 0.0910. The smallest absolute Gasteiger partial charge is 0.261 e. The maximum atomic E-state index is 13.1. The van der Waals surface area contributed by atoms with Gasteiger partial charge in [-0.05, 0) is 54.5 Å². The molecule has 30 heavy (non-hydrogen) atoms.